The second-order valence-electron chi connectivity index (χ2n) is 1.81. The predicted molar refractivity (Wildman–Crippen MR) is 32.6 cm³/mol. The molecule has 4 heteroatoms. The van der Waals surface area contributed by atoms with Crippen LogP contribution in [0.4, 0.5) is 0 Å². The van der Waals surface area contributed by atoms with Crippen LogP contribution in [0, 0.1) is 13.1 Å². The molecule has 0 unspecified atom stereocenters. The highest BCUT2D eigenvalue weighted by Crippen LogP contribution is 1.99. The standard InChI is InChI=1S/C6H5N2O2/c1-4-2-3-7-8-5(4)6(9)10/h2H,1H3,(H,9,10). The lowest BCUT2D eigenvalue weighted by Gasteiger charge is -1.93. The van der Waals surface area contributed by atoms with Gasteiger partial charge in [-0.15, -0.1) is 10.2 Å². The smallest absolute Gasteiger partial charge is 0.356 e. The van der Waals surface area contributed by atoms with Gasteiger partial charge in [0.1, 0.15) is 6.20 Å². The summed E-state index contributed by atoms with van der Waals surface area (Å²) in [7, 11) is 0. The van der Waals surface area contributed by atoms with Crippen molar-refractivity contribution in [2.75, 3.05) is 0 Å². The average molecular weight is 137 g/mol. The third kappa shape index (κ3) is 1.10. The third-order valence-corrected chi connectivity index (χ3v) is 1.06. The molecule has 0 aliphatic rings. The first-order valence-electron chi connectivity index (χ1n) is 2.65. The van der Waals surface area contributed by atoms with Crippen molar-refractivity contribution < 1.29 is 9.90 Å². The van der Waals surface area contributed by atoms with Gasteiger partial charge in [0.25, 0.3) is 0 Å². The van der Waals surface area contributed by atoms with Gasteiger partial charge in [0.2, 0.25) is 0 Å². The van der Waals surface area contributed by atoms with Gasteiger partial charge in [-0.3, -0.25) is 0 Å². The molecule has 0 saturated heterocycles. The summed E-state index contributed by atoms with van der Waals surface area (Å²) < 4.78 is 0. The third-order valence-electron chi connectivity index (χ3n) is 1.06. The Morgan fingerprint density at radius 3 is 2.90 bits per heavy atom. The van der Waals surface area contributed by atoms with E-state index in [1.54, 1.807) is 6.92 Å². The van der Waals surface area contributed by atoms with Crippen molar-refractivity contribution in [1.82, 2.24) is 10.2 Å². The number of rotatable bonds is 1. The lowest BCUT2D eigenvalue weighted by molar-refractivity contribution is 0.0688. The maximum absolute atomic E-state index is 10.3. The maximum Gasteiger partial charge on any atom is 0.356 e. The molecule has 0 bridgehead atoms. The zero-order valence-corrected chi connectivity index (χ0v) is 5.33. The highest BCUT2D eigenvalue weighted by Gasteiger charge is 2.06. The largest absolute Gasteiger partial charge is 0.476 e. The van der Waals surface area contributed by atoms with Crippen LogP contribution in [0.2, 0.25) is 0 Å². The minimum absolute atomic E-state index is 0.0150. The van der Waals surface area contributed by atoms with Gasteiger partial charge in [-0.1, -0.05) is 0 Å². The Morgan fingerprint density at radius 2 is 2.50 bits per heavy atom. The summed E-state index contributed by atoms with van der Waals surface area (Å²) in [5, 5.41) is 15.1. The molecule has 10 heavy (non-hydrogen) atoms. The number of carboxylic acids is 1. The van der Waals surface area contributed by atoms with Gasteiger partial charge in [0.05, 0.1) is 0 Å². The summed E-state index contributed by atoms with van der Waals surface area (Å²) in [4.78, 5) is 10.3. The quantitative estimate of drug-likeness (QED) is 0.604. The molecule has 0 amide bonds. The zero-order valence-electron chi connectivity index (χ0n) is 5.33. The van der Waals surface area contributed by atoms with Gasteiger partial charge in [0, 0.05) is 0 Å². The highest BCUT2D eigenvalue weighted by molar-refractivity contribution is 5.86. The summed E-state index contributed by atoms with van der Waals surface area (Å²) in [6.07, 6.45) is 2.43. The molecule has 0 atom stereocenters. The van der Waals surface area contributed by atoms with E-state index in [9.17, 15) is 4.79 Å². The summed E-state index contributed by atoms with van der Waals surface area (Å²) >= 11 is 0. The van der Waals surface area contributed by atoms with Crippen molar-refractivity contribution in [2.45, 2.75) is 6.92 Å². The summed E-state index contributed by atoms with van der Waals surface area (Å²) in [6.45, 7) is 1.65. The molecule has 1 rings (SSSR count). The van der Waals surface area contributed by atoms with E-state index >= 15 is 0 Å². The number of aryl methyl sites for hydroxylation is 1. The fraction of sp³-hybridized carbons (Fsp3) is 0.167. The van der Waals surface area contributed by atoms with Crippen molar-refractivity contribution in [3.8, 4) is 0 Å². The van der Waals surface area contributed by atoms with E-state index in [1.807, 2.05) is 0 Å². The molecule has 1 heterocycles. The first-order chi connectivity index (χ1) is 4.72. The van der Waals surface area contributed by atoms with Gasteiger partial charge in [-0.05, 0) is 18.6 Å². The van der Waals surface area contributed by atoms with Crippen molar-refractivity contribution in [1.29, 1.82) is 0 Å². The van der Waals surface area contributed by atoms with Crippen LogP contribution in [0.3, 0.4) is 0 Å². The summed E-state index contributed by atoms with van der Waals surface area (Å²) in [5.74, 6) is -1.06. The molecule has 4 nitrogen and oxygen atoms in total. The second-order valence-corrected chi connectivity index (χ2v) is 1.81. The van der Waals surface area contributed by atoms with Crippen LogP contribution >= 0.6 is 0 Å². The van der Waals surface area contributed by atoms with E-state index in [4.69, 9.17) is 5.11 Å². The molecular formula is C6H5N2O2. The van der Waals surface area contributed by atoms with Gasteiger partial charge in [0.15, 0.2) is 5.69 Å². The molecule has 1 aromatic rings. The molecule has 0 spiro atoms. The molecule has 1 aromatic heterocycles. The molecule has 51 valence electrons. The molecule has 0 aromatic carbocycles. The number of carbonyl (C=O) groups is 1. The van der Waals surface area contributed by atoms with Crippen molar-refractivity contribution in [3.63, 3.8) is 0 Å². The lowest BCUT2D eigenvalue weighted by Crippen LogP contribution is -2.03. The number of aromatic nitrogens is 2. The molecule has 0 aliphatic carbocycles. The molecule has 0 saturated carbocycles. The Labute approximate surface area is 57.5 Å². The SMILES string of the molecule is Cc1c[c]nnc1C(=O)O. The number of aromatic carboxylic acids is 1. The van der Waals surface area contributed by atoms with Crippen molar-refractivity contribution in [3.05, 3.63) is 23.5 Å². The summed E-state index contributed by atoms with van der Waals surface area (Å²) in [5.41, 5.74) is 0.557. The minimum atomic E-state index is -1.06. The van der Waals surface area contributed by atoms with Gasteiger partial charge >= 0.3 is 5.97 Å². The lowest BCUT2D eigenvalue weighted by atomic mass is 10.2. The second kappa shape index (κ2) is 2.43. The van der Waals surface area contributed by atoms with E-state index in [0.717, 1.165) is 0 Å². The maximum atomic E-state index is 10.3. The number of hydrogen-bond donors (Lipinski definition) is 1. The van der Waals surface area contributed by atoms with Crippen molar-refractivity contribution >= 4 is 5.97 Å². The normalized spacial score (nSPS) is 9.30. The van der Waals surface area contributed by atoms with E-state index < -0.39 is 5.97 Å². The van der Waals surface area contributed by atoms with Crippen LogP contribution in [-0.2, 0) is 0 Å². The molecule has 0 fully saturated rings. The molecule has 1 N–H and O–H groups in total. The topological polar surface area (TPSA) is 63.1 Å². The Morgan fingerprint density at radius 1 is 1.80 bits per heavy atom. The van der Waals surface area contributed by atoms with Crippen LogP contribution < -0.4 is 0 Å². The van der Waals surface area contributed by atoms with Crippen molar-refractivity contribution in [2.24, 2.45) is 0 Å². The monoisotopic (exact) mass is 137 g/mol. The molecule has 1 radical (unpaired) electrons. The number of nitrogens with zero attached hydrogens (tertiary/aromatic N) is 2. The molecule has 0 aliphatic heterocycles. The Bertz CT molecular complexity index is 260. The van der Waals surface area contributed by atoms with Crippen LogP contribution in [0.1, 0.15) is 16.1 Å². The van der Waals surface area contributed by atoms with E-state index in [0.29, 0.717) is 5.56 Å². The van der Waals surface area contributed by atoms with Crippen LogP contribution in [0.5, 0.6) is 0 Å². The minimum Gasteiger partial charge on any atom is -0.476 e. The number of hydrogen-bond acceptors (Lipinski definition) is 3. The van der Waals surface area contributed by atoms with Gasteiger partial charge in [-0.25, -0.2) is 4.79 Å². The Balaban J connectivity index is 3.15. The van der Waals surface area contributed by atoms with Crippen LogP contribution in [-0.4, -0.2) is 21.3 Å². The predicted octanol–water partition coefficient (Wildman–Crippen LogP) is 0.283. The van der Waals surface area contributed by atoms with Crippen LogP contribution in [0.15, 0.2) is 6.07 Å². The Kier molecular flexibility index (Phi) is 1.62. The van der Waals surface area contributed by atoms with E-state index in [2.05, 4.69) is 16.4 Å². The Hall–Kier alpha value is -1.45. The average Bonchev–Trinajstić information content (AvgIpc) is 1.88. The first kappa shape index (κ1) is 6.67. The van der Waals surface area contributed by atoms with E-state index in [1.165, 1.54) is 6.07 Å². The first-order valence-corrected chi connectivity index (χ1v) is 2.65. The van der Waals surface area contributed by atoms with Crippen LogP contribution in [0.25, 0.3) is 0 Å². The van der Waals surface area contributed by atoms with Gasteiger partial charge in [-0.2, -0.15) is 0 Å². The fourth-order valence-electron chi connectivity index (χ4n) is 0.563. The molecular weight excluding hydrogens is 132 g/mol. The van der Waals surface area contributed by atoms with Gasteiger partial charge < -0.3 is 5.11 Å². The fourth-order valence-corrected chi connectivity index (χ4v) is 0.563. The zero-order chi connectivity index (χ0) is 7.56. The van der Waals surface area contributed by atoms with E-state index in [-0.39, 0.29) is 5.69 Å². The highest BCUT2D eigenvalue weighted by atomic mass is 16.4. The summed E-state index contributed by atoms with van der Waals surface area (Å²) in [6, 6.07) is 1.48. The number of carboxylic acid groups (broad SMARTS) is 1.